The number of fused-ring (bicyclic) bond motifs is 1. The standard InChI is InChI=1S/C48H60N8O5/c1-7-40-38(43(52-36-19-23-60-24-20-36)39-30-51-56(8-2)44(39)54-40)29-50-46(58)42-14-10-13-41(53-42)45(57)49-28-34-16-15-31(3)37(27-34)35-12-9-11-33(26-35)25-32-17-21-55(22-18-32)47(59)61-48(4,5)6/h9-16,26-27,30,32,36H,7-8,17-25,28-29H2,1-6H3,(H,49,57)(H,50,58)(H,52,54). The highest BCUT2D eigenvalue weighted by atomic mass is 16.6. The van der Waals surface area contributed by atoms with E-state index in [1.807, 2.05) is 49.5 Å². The molecule has 0 spiro atoms. The van der Waals surface area contributed by atoms with Gasteiger partial charge in [0, 0.05) is 63.2 Å². The summed E-state index contributed by atoms with van der Waals surface area (Å²) in [5, 5.41) is 15.3. The third-order valence-electron chi connectivity index (χ3n) is 11.6. The van der Waals surface area contributed by atoms with Crippen molar-refractivity contribution in [3.63, 3.8) is 0 Å². The fourth-order valence-electron chi connectivity index (χ4n) is 8.26. The van der Waals surface area contributed by atoms with Gasteiger partial charge >= 0.3 is 6.09 Å². The second-order valence-electron chi connectivity index (χ2n) is 17.2. The second kappa shape index (κ2) is 19.3. The molecule has 2 saturated heterocycles. The zero-order chi connectivity index (χ0) is 43.1. The lowest BCUT2D eigenvalue weighted by molar-refractivity contribution is 0.0184. The molecule has 0 radical (unpaired) electrons. The summed E-state index contributed by atoms with van der Waals surface area (Å²) in [5.41, 5.74) is 8.98. The van der Waals surface area contributed by atoms with Crippen LogP contribution in [0.2, 0.25) is 0 Å². The minimum Gasteiger partial charge on any atom is -0.444 e. The Labute approximate surface area is 359 Å². The van der Waals surface area contributed by atoms with Crippen molar-refractivity contribution in [1.29, 1.82) is 0 Å². The molecular weight excluding hydrogens is 769 g/mol. The molecule has 0 aliphatic carbocycles. The molecule has 322 valence electrons. The summed E-state index contributed by atoms with van der Waals surface area (Å²) in [4.78, 5) is 50.9. The molecule has 2 aromatic carbocycles. The summed E-state index contributed by atoms with van der Waals surface area (Å²) < 4.78 is 13.1. The topological polar surface area (TPSA) is 153 Å². The van der Waals surface area contributed by atoms with Crippen LogP contribution in [-0.4, -0.2) is 80.5 Å². The normalized spacial score (nSPS) is 15.1. The van der Waals surface area contributed by atoms with Crippen molar-refractivity contribution >= 4 is 34.6 Å². The van der Waals surface area contributed by atoms with E-state index in [1.165, 1.54) is 5.56 Å². The maximum atomic E-state index is 13.6. The monoisotopic (exact) mass is 828 g/mol. The number of aromatic nitrogens is 4. The number of hydrogen-bond donors (Lipinski definition) is 3. The van der Waals surface area contributed by atoms with Crippen LogP contribution in [0.15, 0.2) is 66.9 Å². The summed E-state index contributed by atoms with van der Waals surface area (Å²) in [6.07, 6.45) is 6.90. The molecule has 5 heterocycles. The van der Waals surface area contributed by atoms with Crippen molar-refractivity contribution in [1.82, 2.24) is 35.3 Å². The smallest absolute Gasteiger partial charge is 0.410 e. The molecule has 0 bridgehead atoms. The molecule has 2 fully saturated rings. The fourth-order valence-corrected chi connectivity index (χ4v) is 8.26. The van der Waals surface area contributed by atoms with Crippen molar-refractivity contribution in [3.8, 4) is 11.1 Å². The maximum absolute atomic E-state index is 13.6. The van der Waals surface area contributed by atoms with Gasteiger partial charge in [0.25, 0.3) is 11.8 Å². The van der Waals surface area contributed by atoms with Crippen LogP contribution >= 0.6 is 0 Å². The van der Waals surface area contributed by atoms with Gasteiger partial charge in [-0.3, -0.25) is 9.59 Å². The SMILES string of the molecule is CCc1nc2c(cnn2CC)c(NC2CCOCC2)c1CNC(=O)c1cccc(C(=O)NCc2ccc(C)c(-c3cccc(CC4CCN(C(=O)OC(C)(C)C)CC4)c3)c2)n1. The Kier molecular flexibility index (Phi) is 13.7. The van der Waals surface area contributed by atoms with Crippen LogP contribution in [0.3, 0.4) is 0 Å². The van der Waals surface area contributed by atoms with Crippen LogP contribution in [0.5, 0.6) is 0 Å². The minimum atomic E-state index is -0.497. The van der Waals surface area contributed by atoms with Crippen LogP contribution in [0.4, 0.5) is 10.5 Å². The first-order valence-electron chi connectivity index (χ1n) is 21.8. The number of nitrogens with one attached hydrogen (secondary N) is 3. The summed E-state index contributed by atoms with van der Waals surface area (Å²) in [5.74, 6) is -0.254. The molecule has 5 aromatic rings. The molecule has 13 nitrogen and oxygen atoms in total. The van der Waals surface area contributed by atoms with Crippen molar-refractivity contribution in [2.45, 2.75) is 111 Å². The number of carbonyl (C=O) groups is 3. The highest BCUT2D eigenvalue weighted by molar-refractivity contribution is 5.97. The number of hydrogen-bond acceptors (Lipinski definition) is 9. The molecule has 0 unspecified atom stereocenters. The minimum absolute atomic E-state index is 0.156. The van der Waals surface area contributed by atoms with Gasteiger partial charge in [0.2, 0.25) is 0 Å². The number of pyridine rings is 2. The average Bonchev–Trinajstić information content (AvgIpc) is 3.68. The lowest BCUT2D eigenvalue weighted by atomic mass is 9.88. The van der Waals surface area contributed by atoms with E-state index in [0.29, 0.717) is 51.7 Å². The van der Waals surface area contributed by atoms with Crippen LogP contribution < -0.4 is 16.0 Å². The number of amides is 3. The molecule has 3 amide bonds. The number of anilines is 1. The number of ether oxygens (including phenoxy) is 2. The van der Waals surface area contributed by atoms with E-state index in [4.69, 9.17) is 14.5 Å². The molecular formula is C48H60N8O5. The largest absolute Gasteiger partial charge is 0.444 e. The highest BCUT2D eigenvalue weighted by Crippen LogP contribution is 2.32. The highest BCUT2D eigenvalue weighted by Gasteiger charge is 2.27. The first-order valence-corrected chi connectivity index (χ1v) is 21.8. The zero-order valence-corrected chi connectivity index (χ0v) is 36.5. The predicted octanol–water partition coefficient (Wildman–Crippen LogP) is 8.02. The number of likely N-dealkylation sites (tertiary alicyclic amines) is 1. The molecule has 7 rings (SSSR count). The molecule has 3 aromatic heterocycles. The molecule has 13 heteroatoms. The Balaban J connectivity index is 0.976. The van der Waals surface area contributed by atoms with Crippen LogP contribution in [0, 0.1) is 12.8 Å². The van der Waals surface area contributed by atoms with Crippen LogP contribution in [0.25, 0.3) is 22.2 Å². The van der Waals surface area contributed by atoms with E-state index in [2.05, 4.69) is 76.3 Å². The van der Waals surface area contributed by atoms with Crippen LogP contribution in [-0.2, 0) is 41.9 Å². The Morgan fingerprint density at radius 2 is 1.56 bits per heavy atom. The predicted molar refractivity (Wildman–Crippen MR) is 237 cm³/mol. The van der Waals surface area contributed by atoms with Gasteiger partial charge in [-0.2, -0.15) is 5.10 Å². The Bertz CT molecular complexity index is 2350. The Hall–Kier alpha value is -5.82. The number of aryl methyl sites for hydroxylation is 3. The zero-order valence-electron chi connectivity index (χ0n) is 36.5. The second-order valence-corrected chi connectivity index (χ2v) is 17.2. The number of piperidine rings is 1. The van der Waals surface area contributed by atoms with Crippen molar-refractivity contribution < 1.29 is 23.9 Å². The lowest BCUT2D eigenvalue weighted by Crippen LogP contribution is -2.42. The number of nitrogens with zero attached hydrogens (tertiary/aromatic N) is 5. The third-order valence-corrected chi connectivity index (χ3v) is 11.6. The Morgan fingerprint density at radius 3 is 2.25 bits per heavy atom. The average molecular weight is 829 g/mol. The summed E-state index contributed by atoms with van der Waals surface area (Å²) in [6.45, 7) is 15.9. The van der Waals surface area contributed by atoms with E-state index >= 15 is 0 Å². The van der Waals surface area contributed by atoms with E-state index in [0.717, 1.165) is 82.3 Å². The van der Waals surface area contributed by atoms with Gasteiger partial charge in [-0.1, -0.05) is 49.4 Å². The van der Waals surface area contributed by atoms with Gasteiger partial charge in [-0.15, -0.1) is 0 Å². The van der Waals surface area contributed by atoms with Gasteiger partial charge < -0.3 is 30.3 Å². The summed E-state index contributed by atoms with van der Waals surface area (Å²) in [7, 11) is 0. The van der Waals surface area contributed by atoms with E-state index in [1.54, 1.807) is 18.2 Å². The first-order chi connectivity index (χ1) is 29.4. The van der Waals surface area contributed by atoms with Gasteiger partial charge in [0.15, 0.2) is 5.65 Å². The lowest BCUT2D eigenvalue weighted by Gasteiger charge is -2.33. The van der Waals surface area contributed by atoms with E-state index in [-0.39, 0.29) is 41.9 Å². The maximum Gasteiger partial charge on any atom is 0.410 e. The van der Waals surface area contributed by atoms with Gasteiger partial charge in [0.1, 0.15) is 17.0 Å². The number of rotatable bonds is 13. The quantitative estimate of drug-likeness (QED) is 0.107. The number of carbonyl (C=O) groups excluding carboxylic acids is 3. The van der Waals surface area contributed by atoms with Gasteiger partial charge in [0.05, 0.1) is 17.3 Å². The first kappa shape index (κ1) is 43.3. The van der Waals surface area contributed by atoms with Crippen molar-refractivity contribution in [2.75, 3.05) is 31.6 Å². The van der Waals surface area contributed by atoms with Crippen LogP contribution in [0.1, 0.15) is 109 Å². The molecule has 3 N–H and O–H groups in total. The Morgan fingerprint density at radius 1 is 0.852 bits per heavy atom. The third kappa shape index (κ3) is 10.7. The molecule has 2 aliphatic heterocycles. The van der Waals surface area contributed by atoms with Crippen molar-refractivity contribution in [2.24, 2.45) is 5.92 Å². The summed E-state index contributed by atoms with van der Waals surface area (Å²) in [6, 6.07) is 20.0. The molecule has 61 heavy (non-hydrogen) atoms. The summed E-state index contributed by atoms with van der Waals surface area (Å²) >= 11 is 0. The fraction of sp³-hybridized carbons (Fsp3) is 0.458. The number of benzene rings is 2. The van der Waals surface area contributed by atoms with Gasteiger partial charge in [-0.05, 0) is 125 Å². The molecule has 0 atom stereocenters. The van der Waals surface area contributed by atoms with Gasteiger partial charge in [-0.25, -0.2) is 19.4 Å². The van der Waals surface area contributed by atoms with E-state index < -0.39 is 5.60 Å². The molecule has 0 saturated carbocycles. The molecule has 2 aliphatic rings. The van der Waals surface area contributed by atoms with Crippen molar-refractivity contribution in [3.05, 3.63) is 106 Å². The van der Waals surface area contributed by atoms with E-state index in [9.17, 15) is 14.4 Å².